The van der Waals surface area contributed by atoms with E-state index in [2.05, 4.69) is 10.1 Å². The van der Waals surface area contributed by atoms with Crippen molar-refractivity contribution in [3.8, 4) is 5.75 Å². The van der Waals surface area contributed by atoms with Gasteiger partial charge < -0.3 is 9.26 Å². The highest BCUT2D eigenvalue weighted by molar-refractivity contribution is 5.74. The summed E-state index contributed by atoms with van der Waals surface area (Å²) in [6.07, 6.45) is 1.52. The second kappa shape index (κ2) is 5.25. The summed E-state index contributed by atoms with van der Waals surface area (Å²) in [6, 6.07) is 6.82. The van der Waals surface area contributed by atoms with Crippen LogP contribution in [0.5, 0.6) is 5.75 Å². The molecule has 88 valence electrons. The van der Waals surface area contributed by atoms with Crippen LogP contribution in [-0.4, -0.2) is 16.4 Å². The lowest BCUT2D eigenvalue weighted by molar-refractivity contribution is 0.112. The highest BCUT2D eigenvalue weighted by Crippen LogP contribution is 2.12. The Kier molecular flexibility index (Phi) is 3.49. The van der Waals surface area contributed by atoms with E-state index in [1.165, 1.54) is 0 Å². The average molecular weight is 232 g/mol. The first-order valence-electron chi connectivity index (χ1n) is 5.31. The van der Waals surface area contributed by atoms with Crippen molar-refractivity contribution < 1.29 is 14.1 Å². The van der Waals surface area contributed by atoms with Gasteiger partial charge in [0, 0.05) is 12.0 Å². The quantitative estimate of drug-likeness (QED) is 0.738. The lowest BCUT2D eigenvalue weighted by Gasteiger charge is -2.02. The first kappa shape index (κ1) is 11.3. The first-order valence-corrected chi connectivity index (χ1v) is 5.31. The Morgan fingerprint density at radius 2 is 2.12 bits per heavy atom. The lowest BCUT2D eigenvalue weighted by atomic mass is 10.2. The average Bonchev–Trinajstić information content (AvgIpc) is 2.85. The minimum atomic E-state index is 0.230. The van der Waals surface area contributed by atoms with Gasteiger partial charge in [0.1, 0.15) is 12.0 Å². The fourth-order valence-electron chi connectivity index (χ4n) is 1.28. The van der Waals surface area contributed by atoms with Crippen LogP contribution in [0.15, 0.2) is 28.8 Å². The van der Waals surface area contributed by atoms with E-state index in [4.69, 9.17) is 9.26 Å². The summed E-state index contributed by atoms with van der Waals surface area (Å²) in [5.74, 6) is 1.77. The molecule has 0 unspecified atom stereocenters. The Morgan fingerprint density at radius 1 is 1.35 bits per heavy atom. The molecule has 0 spiro atoms. The molecule has 1 heterocycles. The van der Waals surface area contributed by atoms with Gasteiger partial charge in [0.25, 0.3) is 5.89 Å². The molecule has 0 amide bonds. The number of aryl methyl sites for hydroxylation is 1. The van der Waals surface area contributed by atoms with E-state index < -0.39 is 0 Å². The van der Waals surface area contributed by atoms with Gasteiger partial charge in [-0.2, -0.15) is 4.98 Å². The van der Waals surface area contributed by atoms with E-state index >= 15 is 0 Å². The molecular weight excluding hydrogens is 220 g/mol. The lowest BCUT2D eigenvalue weighted by Crippen LogP contribution is -1.96. The van der Waals surface area contributed by atoms with Crippen molar-refractivity contribution >= 4 is 6.29 Å². The normalized spacial score (nSPS) is 10.2. The van der Waals surface area contributed by atoms with Crippen LogP contribution in [0.3, 0.4) is 0 Å². The molecule has 2 rings (SSSR count). The van der Waals surface area contributed by atoms with Gasteiger partial charge in [0.05, 0.1) is 0 Å². The van der Waals surface area contributed by atoms with Gasteiger partial charge in [-0.1, -0.05) is 12.1 Å². The van der Waals surface area contributed by atoms with Gasteiger partial charge in [-0.3, -0.25) is 4.79 Å². The molecule has 0 aliphatic rings. The predicted octanol–water partition coefficient (Wildman–Crippen LogP) is 2.02. The number of carbonyl (C=O) groups is 1. The van der Waals surface area contributed by atoms with Gasteiger partial charge in [-0.15, -0.1) is 0 Å². The number of benzene rings is 1. The Hall–Kier alpha value is -2.17. The van der Waals surface area contributed by atoms with Gasteiger partial charge in [-0.25, -0.2) is 0 Å². The number of hydrogen-bond donors (Lipinski definition) is 0. The monoisotopic (exact) mass is 232 g/mol. The van der Waals surface area contributed by atoms with Gasteiger partial charge in [0.15, 0.2) is 12.4 Å². The Bertz CT molecular complexity index is 491. The topological polar surface area (TPSA) is 65.2 Å². The molecule has 0 N–H and O–H groups in total. The molecule has 2 aromatic rings. The van der Waals surface area contributed by atoms with E-state index in [1.54, 1.807) is 24.3 Å². The summed E-state index contributed by atoms with van der Waals surface area (Å²) >= 11 is 0. The van der Waals surface area contributed by atoms with Crippen LogP contribution in [0.25, 0.3) is 0 Å². The minimum absolute atomic E-state index is 0.230. The summed E-state index contributed by atoms with van der Waals surface area (Å²) < 4.78 is 10.4. The fourth-order valence-corrected chi connectivity index (χ4v) is 1.28. The molecule has 0 saturated heterocycles. The predicted molar refractivity (Wildman–Crippen MR) is 59.8 cm³/mol. The molecule has 1 aromatic carbocycles. The maximum Gasteiger partial charge on any atom is 0.264 e. The zero-order chi connectivity index (χ0) is 12.1. The number of carbonyl (C=O) groups excluding carboxylic acids is 1. The molecule has 0 aliphatic heterocycles. The maximum atomic E-state index is 10.5. The molecule has 0 fully saturated rings. The van der Waals surface area contributed by atoms with Crippen molar-refractivity contribution in [2.45, 2.75) is 20.0 Å². The van der Waals surface area contributed by atoms with Crippen LogP contribution in [0.1, 0.15) is 29.0 Å². The Morgan fingerprint density at radius 3 is 2.71 bits per heavy atom. The molecule has 1 aromatic heterocycles. The molecule has 5 heteroatoms. The first-order chi connectivity index (χ1) is 8.31. The van der Waals surface area contributed by atoms with Crippen molar-refractivity contribution in [3.63, 3.8) is 0 Å². The van der Waals surface area contributed by atoms with Crippen LogP contribution >= 0.6 is 0 Å². The third-order valence-corrected chi connectivity index (χ3v) is 2.20. The number of ether oxygens (including phenoxy) is 1. The third kappa shape index (κ3) is 2.90. The van der Waals surface area contributed by atoms with E-state index in [9.17, 15) is 4.79 Å². The van der Waals surface area contributed by atoms with Crippen LogP contribution in [0.4, 0.5) is 0 Å². The van der Waals surface area contributed by atoms with E-state index in [1.807, 2.05) is 6.92 Å². The van der Waals surface area contributed by atoms with E-state index in [0.29, 0.717) is 23.0 Å². The SMILES string of the molecule is CCc1noc(COc2ccc(C=O)cc2)n1. The number of nitrogens with zero attached hydrogens (tertiary/aromatic N) is 2. The third-order valence-electron chi connectivity index (χ3n) is 2.20. The van der Waals surface area contributed by atoms with Crippen molar-refractivity contribution in [2.24, 2.45) is 0 Å². The maximum absolute atomic E-state index is 10.5. The van der Waals surface area contributed by atoms with Gasteiger partial charge in [-0.05, 0) is 24.3 Å². The summed E-state index contributed by atoms with van der Waals surface area (Å²) in [5.41, 5.74) is 0.614. The van der Waals surface area contributed by atoms with Crippen molar-refractivity contribution in [2.75, 3.05) is 0 Å². The van der Waals surface area contributed by atoms with Crippen LogP contribution in [0.2, 0.25) is 0 Å². The van der Waals surface area contributed by atoms with Crippen LogP contribution in [-0.2, 0) is 13.0 Å². The molecule has 17 heavy (non-hydrogen) atoms. The second-order valence-electron chi connectivity index (χ2n) is 3.43. The second-order valence-corrected chi connectivity index (χ2v) is 3.43. The molecular formula is C12H12N2O3. The standard InChI is InChI=1S/C12H12N2O3/c1-2-11-13-12(17-14-11)8-16-10-5-3-9(7-15)4-6-10/h3-7H,2,8H2,1H3. The molecule has 0 saturated carbocycles. The molecule has 0 aliphatic carbocycles. The summed E-state index contributed by atoms with van der Waals surface area (Å²) in [7, 11) is 0. The Labute approximate surface area is 98.4 Å². The van der Waals surface area contributed by atoms with Crippen LogP contribution < -0.4 is 4.74 Å². The van der Waals surface area contributed by atoms with E-state index in [0.717, 1.165) is 12.7 Å². The zero-order valence-corrected chi connectivity index (χ0v) is 9.42. The molecule has 5 nitrogen and oxygen atoms in total. The number of aldehydes is 1. The summed E-state index contributed by atoms with van der Waals surface area (Å²) in [4.78, 5) is 14.6. The zero-order valence-electron chi connectivity index (χ0n) is 9.42. The number of rotatable bonds is 5. The van der Waals surface area contributed by atoms with Gasteiger partial charge >= 0.3 is 0 Å². The molecule has 0 radical (unpaired) electrons. The highest BCUT2D eigenvalue weighted by Gasteiger charge is 2.05. The summed E-state index contributed by atoms with van der Waals surface area (Å²) in [6.45, 7) is 2.18. The molecule has 0 atom stereocenters. The number of hydrogen-bond acceptors (Lipinski definition) is 5. The molecule has 0 bridgehead atoms. The van der Waals surface area contributed by atoms with E-state index in [-0.39, 0.29) is 6.61 Å². The van der Waals surface area contributed by atoms with Crippen molar-refractivity contribution in [1.82, 2.24) is 10.1 Å². The largest absolute Gasteiger partial charge is 0.484 e. The highest BCUT2D eigenvalue weighted by atomic mass is 16.5. The smallest absolute Gasteiger partial charge is 0.264 e. The minimum Gasteiger partial charge on any atom is -0.484 e. The van der Waals surface area contributed by atoms with Crippen molar-refractivity contribution in [3.05, 3.63) is 41.5 Å². The van der Waals surface area contributed by atoms with Crippen molar-refractivity contribution in [1.29, 1.82) is 0 Å². The van der Waals surface area contributed by atoms with Gasteiger partial charge in [0.2, 0.25) is 0 Å². The fraction of sp³-hybridized carbons (Fsp3) is 0.250. The summed E-state index contributed by atoms with van der Waals surface area (Å²) in [5, 5.41) is 3.76. The Balaban J connectivity index is 1.94. The van der Waals surface area contributed by atoms with Crippen LogP contribution in [0, 0.1) is 0 Å². The number of aromatic nitrogens is 2.